The van der Waals surface area contributed by atoms with Gasteiger partial charge in [-0.05, 0) is 18.6 Å². The van der Waals surface area contributed by atoms with Crippen LogP contribution >= 0.6 is 0 Å². The van der Waals surface area contributed by atoms with Crippen LogP contribution in [0.1, 0.15) is 37.3 Å². The highest BCUT2D eigenvalue weighted by Crippen LogP contribution is 2.13. The van der Waals surface area contributed by atoms with E-state index in [1.165, 1.54) is 0 Å². The molecule has 0 aromatic carbocycles. The average molecular weight is 221 g/mol. The lowest BCUT2D eigenvalue weighted by atomic mass is 10.2. The van der Waals surface area contributed by atoms with E-state index < -0.39 is 6.10 Å². The molecule has 1 atom stereocenters. The van der Waals surface area contributed by atoms with E-state index >= 15 is 0 Å². The van der Waals surface area contributed by atoms with Crippen molar-refractivity contribution in [3.8, 4) is 0 Å². The van der Waals surface area contributed by atoms with Crippen LogP contribution in [0, 0.1) is 0 Å². The van der Waals surface area contributed by atoms with Crippen LogP contribution in [0.3, 0.4) is 0 Å². The zero-order valence-corrected chi connectivity index (χ0v) is 9.42. The summed E-state index contributed by atoms with van der Waals surface area (Å²) < 4.78 is 7.31. The Bertz CT molecular complexity index is 459. The van der Waals surface area contributed by atoms with Crippen LogP contribution in [0.5, 0.6) is 0 Å². The first-order valence-electron chi connectivity index (χ1n) is 5.34. The Morgan fingerprint density at radius 2 is 2.19 bits per heavy atom. The van der Waals surface area contributed by atoms with E-state index in [4.69, 9.17) is 4.42 Å². The maximum Gasteiger partial charge on any atom is 0.236 e. The van der Waals surface area contributed by atoms with Crippen molar-refractivity contribution in [2.24, 2.45) is 0 Å². The summed E-state index contributed by atoms with van der Waals surface area (Å²) in [4.78, 5) is 0. The summed E-state index contributed by atoms with van der Waals surface area (Å²) >= 11 is 0. The molecule has 2 rings (SSSR count). The molecule has 0 saturated heterocycles. The molecule has 0 aliphatic carbocycles. The molecular formula is C11H15N3O2. The van der Waals surface area contributed by atoms with Crippen molar-refractivity contribution in [1.29, 1.82) is 0 Å². The number of aliphatic hydroxyl groups is 1. The van der Waals surface area contributed by atoms with E-state index in [9.17, 15) is 5.11 Å². The molecule has 0 amide bonds. The summed E-state index contributed by atoms with van der Waals surface area (Å²) in [7, 11) is 0. The van der Waals surface area contributed by atoms with Gasteiger partial charge >= 0.3 is 0 Å². The zero-order valence-electron chi connectivity index (χ0n) is 9.42. The second kappa shape index (κ2) is 4.49. The Morgan fingerprint density at radius 3 is 2.75 bits per heavy atom. The molecular weight excluding hydrogens is 206 g/mol. The number of nitrogens with zero attached hydrogens (tertiary/aromatic N) is 3. The predicted molar refractivity (Wildman–Crippen MR) is 57.8 cm³/mol. The lowest BCUT2D eigenvalue weighted by Crippen LogP contribution is -1.97. The van der Waals surface area contributed by atoms with Gasteiger partial charge in [-0.2, -0.15) is 0 Å². The molecule has 0 bridgehead atoms. The van der Waals surface area contributed by atoms with Gasteiger partial charge in [-0.1, -0.05) is 6.92 Å². The first-order chi connectivity index (χ1) is 7.69. The maximum atomic E-state index is 9.38. The monoisotopic (exact) mass is 221 g/mol. The van der Waals surface area contributed by atoms with Gasteiger partial charge in [-0.15, -0.1) is 10.2 Å². The van der Waals surface area contributed by atoms with Gasteiger partial charge in [0.15, 0.2) is 0 Å². The molecule has 0 saturated carbocycles. The number of aromatic nitrogens is 3. The Hall–Kier alpha value is -1.62. The zero-order chi connectivity index (χ0) is 11.5. The Kier molecular flexibility index (Phi) is 3.05. The Balaban J connectivity index is 2.08. The van der Waals surface area contributed by atoms with Crippen molar-refractivity contribution in [2.45, 2.75) is 32.9 Å². The molecule has 0 spiro atoms. The number of hydrogen-bond donors (Lipinski definition) is 1. The summed E-state index contributed by atoms with van der Waals surface area (Å²) in [5, 5.41) is 17.2. The van der Waals surface area contributed by atoms with Gasteiger partial charge in [0.1, 0.15) is 6.54 Å². The summed E-state index contributed by atoms with van der Waals surface area (Å²) in [6.07, 6.45) is 4.06. The van der Waals surface area contributed by atoms with Crippen LogP contribution in [-0.4, -0.2) is 19.9 Å². The molecule has 0 aliphatic heterocycles. The minimum Gasteiger partial charge on any atom is -0.423 e. The van der Waals surface area contributed by atoms with Gasteiger partial charge in [-0.25, -0.2) is 0 Å². The van der Waals surface area contributed by atoms with Crippen LogP contribution in [0.15, 0.2) is 22.9 Å². The fourth-order valence-electron chi connectivity index (χ4n) is 1.46. The average Bonchev–Trinajstić information content (AvgIpc) is 2.87. The smallest absolute Gasteiger partial charge is 0.236 e. The molecule has 1 unspecified atom stereocenters. The van der Waals surface area contributed by atoms with Crippen LogP contribution in [0.25, 0.3) is 0 Å². The van der Waals surface area contributed by atoms with Crippen molar-refractivity contribution < 1.29 is 9.52 Å². The molecule has 0 radical (unpaired) electrons. The number of hydrogen-bond acceptors (Lipinski definition) is 4. The third kappa shape index (κ3) is 2.30. The lowest BCUT2D eigenvalue weighted by Gasteiger charge is -1.99. The molecule has 1 N–H and O–H groups in total. The normalized spacial score (nSPS) is 12.9. The molecule has 86 valence electrons. The molecule has 5 nitrogen and oxygen atoms in total. The van der Waals surface area contributed by atoms with Crippen molar-refractivity contribution in [3.05, 3.63) is 35.8 Å². The molecule has 2 aromatic rings. The highest BCUT2D eigenvalue weighted by molar-refractivity contribution is 5.13. The third-order valence-corrected chi connectivity index (χ3v) is 2.38. The molecule has 16 heavy (non-hydrogen) atoms. The first kappa shape index (κ1) is 10.9. The lowest BCUT2D eigenvalue weighted by molar-refractivity contribution is 0.199. The van der Waals surface area contributed by atoms with Crippen molar-refractivity contribution in [3.63, 3.8) is 0 Å². The van der Waals surface area contributed by atoms with Gasteiger partial charge in [-0.3, -0.25) is 0 Å². The second-order valence-corrected chi connectivity index (χ2v) is 3.74. The van der Waals surface area contributed by atoms with Gasteiger partial charge in [0.2, 0.25) is 11.8 Å². The molecule has 5 heteroatoms. The first-order valence-corrected chi connectivity index (χ1v) is 5.34. The van der Waals surface area contributed by atoms with E-state index in [0.717, 1.165) is 12.0 Å². The summed E-state index contributed by atoms with van der Waals surface area (Å²) in [5.41, 5.74) is 0.884. The van der Waals surface area contributed by atoms with Gasteiger partial charge < -0.3 is 14.1 Å². The number of aryl methyl sites for hydroxylation is 1. The van der Waals surface area contributed by atoms with Crippen LogP contribution < -0.4 is 0 Å². The Labute approximate surface area is 93.7 Å². The van der Waals surface area contributed by atoms with Crippen LogP contribution in [-0.2, 0) is 13.0 Å². The minimum atomic E-state index is -0.449. The van der Waals surface area contributed by atoms with Crippen molar-refractivity contribution in [1.82, 2.24) is 14.8 Å². The number of rotatable bonds is 4. The van der Waals surface area contributed by atoms with E-state index in [0.29, 0.717) is 18.3 Å². The Morgan fingerprint density at radius 1 is 1.44 bits per heavy atom. The SMILES string of the molecule is CCc1nnc(Cn2ccc(C(C)O)c2)o1. The largest absolute Gasteiger partial charge is 0.423 e. The van der Waals surface area contributed by atoms with Gasteiger partial charge in [0.25, 0.3) is 0 Å². The second-order valence-electron chi connectivity index (χ2n) is 3.74. The van der Waals surface area contributed by atoms with E-state index in [1.807, 2.05) is 30.0 Å². The standard InChI is InChI=1S/C11H15N3O2/c1-3-10-12-13-11(16-10)7-14-5-4-9(6-14)8(2)15/h4-6,8,15H,3,7H2,1-2H3. The van der Waals surface area contributed by atoms with E-state index in [2.05, 4.69) is 10.2 Å². The summed E-state index contributed by atoms with van der Waals surface area (Å²) in [6, 6.07) is 1.88. The number of aliphatic hydroxyl groups excluding tert-OH is 1. The fourth-order valence-corrected chi connectivity index (χ4v) is 1.46. The molecule has 2 heterocycles. The predicted octanol–water partition coefficient (Wildman–Crippen LogP) is 1.54. The van der Waals surface area contributed by atoms with Crippen molar-refractivity contribution in [2.75, 3.05) is 0 Å². The summed E-state index contributed by atoms with van der Waals surface area (Å²) in [5.74, 6) is 1.24. The maximum absolute atomic E-state index is 9.38. The van der Waals surface area contributed by atoms with E-state index in [-0.39, 0.29) is 0 Å². The summed E-state index contributed by atoms with van der Waals surface area (Å²) in [6.45, 7) is 4.25. The molecule has 2 aromatic heterocycles. The van der Waals surface area contributed by atoms with Crippen molar-refractivity contribution >= 4 is 0 Å². The third-order valence-electron chi connectivity index (χ3n) is 2.38. The van der Waals surface area contributed by atoms with Gasteiger partial charge in [0, 0.05) is 18.8 Å². The van der Waals surface area contributed by atoms with Crippen LogP contribution in [0.4, 0.5) is 0 Å². The topological polar surface area (TPSA) is 64.1 Å². The van der Waals surface area contributed by atoms with E-state index in [1.54, 1.807) is 6.92 Å². The fraction of sp³-hybridized carbons (Fsp3) is 0.455. The molecule has 0 aliphatic rings. The quantitative estimate of drug-likeness (QED) is 0.850. The highest BCUT2D eigenvalue weighted by atomic mass is 16.4. The van der Waals surface area contributed by atoms with Crippen LogP contribution in [0.2, 0.25) is 0 Å². The molecule has 0 fully saturated rings. The minimum absolute atomic E-state index is 0.449. The highest BCUT2D eigenvalue weighted by Gasteiger charge is 2.07. The van der Waals surface area contributed by atoms with Gasteiger partial charge in [0.05, 0.1) is 6.10 Å².